The smallest absolute Gasteiger partial charge is 0.257 e. The Morgan fingerprint density at radius 2 is 2.00 bits per heavy atom. The fraction of sp³-hybridized carbons (Fsp3) is 0.118. The number of nitrogens with zero attached hydrogens (tertiary/aromatic N) is 2. The minimum Gasteiger partial charge on any atom is -0.298 e. The van der Waals surface area contributed by atoms with E-state index in [4.69, 9.17) is 0 Å². The summed E-state index contributed by atoms with van der Waals surface area (Å²) in [5, 5.41) is 4.77. The largest absolute Gasteiger partial charge is 0.298 e. The Bertz CT molecular complexity index is 924. The van der Waals surface area contributed by atoms with Gasteiger partial charge < -0.3 is 0 Å². The Balaban J connectivity index is 2.01. The number of pyridine rings is 1. The highest BCUT2D eigenvalue weighted by molar-refractivity contribution is 7.13. The van der Waals surface area contributed by atoms with Gasteiger partial charge in [-0.3, -0.25) is 15.1 Å². The van der Waals surface area contributed by atoms with E-state index in [9.17, 15) is 13.6 Å². The molecule has 2 aromatic heterocycles. The van der Waals surface area contributed by atoms with E-state index in [1.807, 2.05) is 0 Å². The molecule has 0 bridgehead atoms. The van der Waals surface area contributed by atoms with Crippen molar-refractivity contribution in [2.45, 2.75) is 13.8 Å². The van der Waals surface area contributed by atoms with Crippen molar-refractivity contribution in [3.05, 3.63) is 64.4 Å². The third kappa shape index (κ3) is 3.16. The summed E-state index contributed by atoms with van der Waals surface area (Å²) in [5.74, 6) is -2.64. The van der Waals surface area contributed by atoms with Gasteiger partial charge in [0, 0.05) is 34.5 Å². The second-order valence-corrected chi connectivity index (χ2v) is 6.12. The molecule has 24 heavy (non-hydrogen) atoms. The zero-order valence-corrected chi connectivity index (χ0v) is 13.7. The minimum atomic E-state index is -1.09. The molecule has 0 saturated carbocycles. The zero-order chi connectivity index (χ0) is 17.3. The van der Waals surface area contributed by atoms with Crippen LogP contribution in [0.25, 0.3) is 11.1 Å². The molecule has 0 aliphatic heterocycles. The summed E-state index contributed by atoms with van der Waals surface area (Å²) in [7, 11) is 0. The van der Waals surface area contributed by atoms with Crippen LogP contribution in [0.5, 0.6) is 0 Å². The van der Waals surface area contributed by atoms with E-state index in [1.165, 1.54) is 23.6 Å². The van der Waals surface area contributed by atoms with Crippen LogP contribution in [0.1, 0.15) is 21.6 Å². The molecule has 0 unspecified atom stereocenters. The number of benzene rings is 1. The molecule has 3 aromatic rings. The SMILES string of the molecule is Cc1csc(NC(=O)c2cc(F)c(F)c(-c3cnccc3C)c2)n1. The first-order valence-electron chi connectivity index (χ1n) is 7.09. The molecule has 1 N–H and O–H groups in total. The van der Waals surface area contributed by atoms with Crippen molar-refractivity contribution in [2.24, 2.45) is 0 Å². The number of thiazole rings is 1. The number of halogens is 2. The van der Waals surface area contributed by atoms with Gasteiger partial charge in [-0.1, -0.05) is 0 Å². The number of hydrogen-bond acceptors (Lipinski definition) is 4. The molecular weight excluding hydrogens is 332 g/mol. The fourth-order valence-corrected chi connectivity index (χ4v) is 2.93. The van der Waals surface area contributed by atoms with Crippen molar-refractivity contribution in [1.82, 2.24) is 9.97 Å². The first kappa shape index (κ1) is 16.2. The fourth-order valence-electron chi connectivity index (χ4n) is 2.24. The van der Waals surface area contributed by atoms with Crippen LogP contribution in [-0.2, 0) is 0 Å². The second kappa shape index (κ2) is 6.45. The molecule has 122 valence electrons. The average Bonchev–Trinajstić information content (AvgIpc) is 2.95. The molecule has 0 radical (unpaired) electrons. The summed E-state index contributed by atoms with van der Waals surface area (Å²) in [6.45, 7) is 3.56. The molecule has 7 heteroatoms. The molecule has 2 heterocycles. The number of amides is 1. The van der Waals surface area contributed by atoms with Gasteiger partial charge in [0.25, 0.3) is 5.91 Å². The summed E-state index contributed by atoms with van der Waals surface area (Å²) < 4.78 is 28.2. The summed E-state index contributed by atoms with van der Waals surface area (Å²) in [4.78, 5) is 20.4. The molecule has 0 aliphatic rings. The molecule has 4 nitrogen and oxygen atoms in total. The van der Waals surface area contributed by atoms with Crippen LogP contribution in [0, 0.1) is 25.5 Å². The Morgan fingerprint density at radius 1 is 1.21 bits per heavy atom. The van der Waals surface area contributed by atoms with Crippen molar-refractivity contribution in [3.63, 3.8) is 0 Å². The number of nitrogens with one attached hydrogen (secondary N) is 1. The van der Waals surface area contributed by atoms with Crippen LogP contribution in [0.3, 0.4) is 0 Å². The lowest BCUT2D eigenvalue weighted by molar-refractivity contribution is 0.102. The van der Waals surface area contributed by atoms with Crippen LogP contribution in [0.15, 0.2) is 36.0 Å². The quantitative estimate of drug-likeness (QED) is 0.768. The van der Waals surface area contributed by atoms with Gasteiger partial charge in [0.1, 0.15) is 0 Å². The number of carbonyl (C=O) groups excluding carboxylic acids is 1. The van der Waals surface area contributed by atoms with Crippen LogP contribution in [-0.4, -0.2) is 15.9 Å². The number of carbonyl (C=O) groups is 1. The molecule has 0 saturated heterocycles. The number of rotatable bonds is 3. The van der Waals surface area contributed by atoms with Crippen molar-refractivity contribution < 1.29 is 13.6 Å². The van der Waals surface area contributed by atoms with Crippen molar-refractivity contribution in [2.75, 3.05) is 5.32 Å². The van der Waals surface area contributed by atoms with Gasteiger partial charge in [-0.2, -0.15) is 0 Å². The first-order chi connectivity index (χ1) is 11.5. The lowest BCUT2D eigenvalue weighted by Crippen LogP contribution is -2.13. The summed E-state index contributed by atoms with van der Waals surface area (Å²) >= 11 is 1.26. The van der Waals surface area contributed by atoms with Crippen molar-refractivity contribution >= 4 is 22.4 Å². The van der Waals surface area contributed by atoms with E-state index in [0.717, 1.165) is 17.3 Å². The minimum absolute atomic E-state index is 0.000990. The molecule has 0 aliphatic carbocycles. The maximum absolute atomic E-state index is 14.2. The van der Waals surface area contributed by atoms with Crippen LogP contribution >= 0.6 is 11.3 Å². The van der Waals surface area contributed by atoms with Gasteiger partial charge in [0.15, 0.2) is 16.8 Å². The van der Waals surface area contributed by atoms with E-state index < -0.39 is 17.5 Å². The predicted octanol–water partition coefficient (Wildman–Crippen LogP) is 4.35. The monoisotopic (exact) mass is 345 g/mol. The standard InChI is InChI=1S/C17H13F2N3OS/c1-9-3-4-20-7-13(9)12-5-11(6-14(18)15(12)19)16(23)22-17-21-10(2)8-24-17/h3-8H,1-2H3,(H,21,22,23). The van der Waals surface area contributed by atoms with Gasteiger partial charge in [-0.05, 0) is 37.6 Å². The average molecular weight is 345 g/mol. The Morgan fingerprint density at radius 3 is 2.67 bits per heavy atom. The van der Waals surface area contributed by atoms with Gasteiger partial charge in [0.05, 0.1) is 5.69 Å². The van der Waals surface area contributed by atoms with Crippen molar-refractivity contribution in [1.29, 1.82) is 0 Å². The highest BCUT2D eigenvalue weighted by Crippen LogP contribution is 2.28. The van der Waals surface area contributed by atoms with Crippen LogP contribution in [0.4, 0.5) is 13.9 Å². The first-order valence-corrected chi connectivity index (χ1v) is 7.97. The maximum atomic E-state index is 14.2. The van der Waals surface area contributed by atoms with Crippen LogP contribution in [0.2, 0.25) is 0 Å². The molecule has 3 rings (SSSR count). The van der Waals surface area contributed by atoms with Gasteiger partial charge in [-0.25, -0.2) is 13.8 Å². The lowest BCUT2D eigenvalue weighted by atomic mass is 9.99. The van der Waals surface area contributed by atoms with E-state index in [-0.39, 0.29) is 11.1 Å². The Labute approximate surface area is 141 Å². The molecule has 0 atom stereocenters. The predicted molar refractivity (Wildman–Crippen MR) is 89.1 cm³/mol. The number of aryl methyl sites for hydroxylation is 2. The highest BCUT2D eigenvalue weighted by Gasteiger charge is 2.18. The summed E-state index contributed by atoms with van der Waals surface area (Å²) in [5.41, 5.74) is 1.96. The highest BCUT2D eigenvalue weighted by atomic mass is 32.1. The van der Waals surface area contributed by atoms with Gasteiger partial charge in [0.2, 0.25) is 0 Å². The maximum Gasteiger partial charge on any atom is 0.257 e. The molecule has 1 aromatic carbocycles. The van der Waals surface area contributed by atoms with Crippen LogP contribution < -0.4 is 5.32 Å². The van der Waals surface area contributed by atoms with E-state index in [0.29, 0.717) is 10.7 Å². The number of anilines is 1. The zero-order valence-electron chi connectivity index (χ0n) is 12.9. The number of hydrogen-bond donors (Lipinski definition) is 1. The molecular formula is C17H13F2N3OS. The van der Waals surface area contributed by atoms with Gasteiger partial charge in [-0.15, -0.1) is 11.3 Å². The van der Waals surface area contributed by atoms with E-state index in [1.54, 1.807) is 31.5 Å². The third-order valence-electron chi connectivity index (χ3n) is 3.46. The molecule has 1 amide bonds. The second-order valence-electron chi connectivity index (χ2n) is 5.26. The van der Waals surface area contributed by atoms with E-state index >= 15 is 0 Å². The molecule has 0 fully saturated rings. The van der Waals surface area contributed by atoms with E-state index in [2.05, 4.69) is 15.3 Å². The third-order valence-corrected chi connectivity index (χ3v) is 4.33. The summed E-state index contributed by atoms with van der Waals surface area (Å²) in [6, 6.07) is 3.89. The van der Waals surface area contributed by atoms with Gasteiger partial charge >= 0.3 is 0 Å². The summed E-state index contributed by atoms with van der Waals surface area (Å²) in [6.07, 6.45) is 3.01. The number of aromatic nitrogens is 2. The molecule has 0 spiro atoms. The topological polar surface area (TPSA) is 54.9 Å². The Hall–Kier alpha value is -2.67. The Kier molecular flexibility index (Phi) is 4.35. The van der Waals surface area contributed by atoms with Crippen molar-refractivity contribution in [3.8, 4) is 11.1 Å². The lowest BCUT2D eigenvalue weighted by Gasteiger charge is -2.10. The normalized spacial score (nSPS) is 10.7.